The van der Waals surface area contributed by atoms with Crippen molar-refractivity contribution >= 4 is 15.7 Å². The van der Waals surface area contributed by atoms with Crippen molar-refractivity contribution < 1.29 is 8.42 Å². The van der Waals surface area contributed by atoms with E-state index in [0.717, 1.165) is 11.3 Å². The fraction of sp³-hybridized carbons (Fsp3) is 0.769. The summed E-state index contributed by atoms with van der Waals surface area (Å²) in [6, 6.07) is -0.102. The van der Waals surface area contributed by atoms with Crippen molar-refractivity contribution in [3.8, 4) is 0 Å². The number of nitrogens with two attached hydrogens (primary N) is 1. The number of anilines is 1. The van der Waals surface area contributed by atoms with Crippen LogP contribution < -0.4 is 5.73 Å². The number of hydrogen-bond acceptors (Lipinski definition) is 4. The first-order chi connectivity index (χ1) is 8.73. The maximum atomic E-state index is 11.6. The molecule has 0 saturated carbocycles. The predicted octanol–water partition coefficient (Wildman–Crippen LogP) is 2.07. The number of nitrogen functional groups attached to an aromatic ring is 1. The van der Waals surface area contributed by atoms with Crippen molar-refractivity contribution in [2.45, 2.75) is 52.0 Å². The van der Waals surface area contributed by atoms with Crippen LogP contribution in [0.5, 0.6) is 0 Å². The zero-order chi connectivity index (χ0) is 14.4. The van der Waals surface area contributed by atoms with E-state index in [-0.39, 0.29) is 17.5 Å². The fourth-order valence-electron chi connectivity index (χ4n) is 2.74. The highest BCUT2D eigenvalue weighted by Gasteiger charge is 2.32. The van der Waals surface area contributed by atoms with Crippen LogP contribution in [0.25, 0.3) is 0 Å². The number of hydrogen-bond donors (Lipinski definition) is 1. The van der Waals surface area contributed by atoms with Gasteiger partial charge in [-0.15, -0.1) is 0 Å². The van der Waals surface area contributed by atoms with Gasteiger partial charge in [-0.05, 0) is 18.3 Å². The van der Waals surface area contributed by atoms with Gasteiger partial charge in [0.1, 0.15) is 5.82 Å². The number of nitrogens with zero attached hydrogens (tertiary/aromatic N) is 2. The van der Waals surface area contributed by atoms with Crippen molar-refractivity contribution in [1.82, 2.24) is 9.78 Å². The summed E-state index contributed by atoms with van der Waals surface area (Å²) in [6.45, 7) is 8.36. The zero-order valence-corrected chi connectivity index (χ0v) is 12.9. The van der Waals surface area contributed by atoms with Crippen molar-refractivity contribution in [3.05, 3.63) is 11.3 Å². The van der Waals surface area contributed by atoms with Crippen molar-refractivity contribution in [2.24, 2.45) is 0 Å². The standard InChI is InChI=1S/C13H23N3O2S/c1-8(2)11-12(9(3)4)15-16(13(11)14)10-5-6-19(17,18)7-10/h8-10H,5-7,14H2,1-4H3. The van der Waals surface area contributed by atoms with Gasteiger partial charge in [0, 0.05) is 5.56 Å². The lowest BCUT2D eigenvalue weighted by molar-refractivity contribution is 0.499. The summed E-state index contributed by atoms with van der Waals surface area (Å²) in [5.41, 5.74) is 8.28. The Labute approximate surface area is 115 Å². The second-order valence-corrected chi connectivity index (χ2v) is 8.22. The first-order valence-corrected chi connectivity index (χ1v) is 8.63. The Morgan fingerprint density at radius 1 is 1.26 bits per heavy atom. The third-order valence-corrected chi connectivity index (χ3v) is 5.44. The molecule has 1 saturated heterocycles. The summed E-state index contributed by atoms with van der Waals surface area (Å²) in [5, 5.41) is 4.61. The molecule has 1 fully saturated rings. The maximum Gasteiger partial charge on any atom is 0.152 e. The SMILES string of the molecule is CC(C)c1nn(C2CCS(=O)(=O)C2)c(N)c1C(C)C. The average Bonchev–Trinajstić information content (AvgIpc) is 2.78. The summed E-state index contributed by atoms with van der Waals surface area (Å²) in [5.74, 6) is 1.63. The molecule has 0 bridgehead atoms. The molecule has 5 nitrogen and oxygen atoms in total. The molecule has 1 atom stereocenters. The normalized spacial score (nSPS) is 22.5. The second kappa shape index (κ2) is 4.81. The molecule has 1 aromatic rings. The van der Waals surface area contributed by atoms with Crippen LogP contribution in [0.15, 0.2) is 0 Å². The average molecular weight is 285 g/mol. The largest absolute Gasteiger partial charge is 0.384 e. The molecule has 1 aliphatic heterocycles. The minimum Gasteiger partial charge on any atom is -0.384 e. The Kier molecular flexibility index (Phi) is 3.64. The van der Waals surface area contributed by atoms with Gasteiger partial charge >= 0.3 is 0 Å². The number of rotatable bonds is 3. The fourth-order valence-corrected chi connectivity index (χ4v) is 4.44. The van der Waals surface area contributed by atoms with Crippen LogP contribution in [0.3, 0.4) is 0 Å². The summed E-state index contributed by atoms with van der Waals surface area (Å²) < 4.78 is 25.0. The van der Waals surface area contributed by atoms with Crippen LogP contribution in [0, 0.1) is 0 Å². The van der Waals surface area contributed by atoms with E-state index in [2.05, 4.69) is 32.8 Å². The second-order valence-electron chi connectivity index (χ2n) is 5.99. The van der Waals surface area contributed by atoms with E-state index in [1.165, 1.54) is 0 Å². The number of aromatic nitrogens is 2. The molecule has 0 amide bonds. The molecule has 0 spiro atoms. The lowest BCUT2D eigenvalue weighted by Gasteiger charge is -2.12. The van der Waals surface area contributed by atoms with E-state index < -0.39 is 9.84 Å². The smallest absolute Gasteiger partial charge is 0.152 e. The third-order valence-electron chi connectivity index (χ3n) is 3.69. The quantitative estimate of drug-likeness (QED) is 0.922. The van der Waals surface area contributed by atoms with Gasteiger partial charge in [0.15, 0.2) is 9.84 Å². The van der Waals surface area contributed by atoms with Crippen molar-refractivity contribution in [2.75, 3.05) is 17.2 Å². The van der Waals surface area contributed by atoms with Gasteiger partial charge in [0.05, 0.1) is 23.2 Å². The van der Waals surface area contributed by atoms with E-state index in [0.29, 0.717) is 24.1 Å². The van der Waals surface area contributed by atoms with Crippen LogP contribution in [0.1, 0.15) is 63.3 Å². The highest BCUT2D eigenvalue weighted by molar-refractivity contribution is 7.91. The zero-order valence-electron chi connectivity index (χ0n) is 12.0. The van der Waals surface area contributed by atoms with Gasteiger partial charge in [-0.1, -0.05) is 27.7 Å². The lowest BCUT2D eigenvalue weighted by Crippen LogP contribution is -2.15. The van der Waals surface area contributed by atoms with E-state index in [9.17, 15) is 8.42 Å². The summed E-state index contributed by atoms with van der Waals surface area (Å²) in [7, 11) is -2.92. The molecule has 0 aliphatic carbocycles. The van der Waals surface area contributed by atoms with E-state index in [1.807, 2.05) is 0 Å². The minimum absolute atomic E-state index is 0.102. The summed E-state index contributed by atoms with van der Waals surface area (Å²) in [6.07, 6.45) is 0.614. The van der Waals surface area contributed by atoms with Crippen LogP contribution in [-0.4, -0.2) is 29.7 Å². The van der Waals surface area contributed by atoms with Gasteiger partial charge in [0.2, 0.25) is 0 Å². The van der Waals surface area contributed by atoms with E-state index in [1.54, 1.807) is 4.68 Å². The highest BCUT2D eigenvalue weighted by Crippen LogP contribution is 2.34. The Bertz CT molecular complexity index is 573. The Hall–Kier alpha value is -1.04. The highest BCUT2D eigenvalue weighted by atomic mass is 32.2. The molecule has 1 aromatic heterocycles. The van der Waals surface area contributed by atoms with Gasteiger partial charge in [-0.3, -0.25) is 0 Å². The van der Waals surface area contributed by atoms with Gasteiger partial charge in [-0.2, -0.15) is 5.10 Å². The minimum atomic E-state index is -2.92. The molecule has 0 aromatic carbocycles. The van der Waals surface area contributed by atoms with Crippen LogP contribution in [0.4, 0.5) is 5.82 Å². The topological polar surface area (TPSA) is 78.0 Å². The molecule has 2 rings (SSSR count). The first-order valence-electron chi connectivity index (χ1n) is 6.81. The Balaban J connectivity index is 2.45. The molecule has 1 aliphatic rings. The molecule has 2 N–H and O–H groups in total. The molecule has 108 valence electrons. The predicted molar refractivity (Wildman–Crippen MR) is 77.1 cm³/mol. The van der Waals surface area contributed by atoms with E-state index in [4.69, 9.17) is 5.73 Å². The van der Waals surface area contributed by atoms with Crippen LogP contribution >= 0.6 is 0 Å². The van der Waals surface area contributed by atoms with Gasteiger partial charge in [-0.25, -0.2) is 13.1 Å². The molecule has 19 heavy (non-hydrogen) atoms. The Morgan fingerprint density at radius 3 is 2.26 bits per heavy atom. The molecule has 1 unspecified atom stereocenters. The molecule has 0 radical (unpaired) electrons. The van der Waals surface area contributed by atoms with Crippen molar-refractivity contribution in [1.29, 1.82) is 0 Å². The molecule has 6 heteroatoms. The van der Waals surface area contributed by atoms with Crippen molar-refractivity contribution in [3.63, 3.8) is 0 Å². The molecular formula is C13H23N3O2S. The monoisotopic (exact) mass is 285 g/mol. The molecule has 2 heterocycles. The summed E-state index contributed by atoms with van der Waals surface area (Å²) >= 11 is 0. The van der Waals surface area contributed by atoms with E-state index >= 15 is 0 Å². The third kappa shape index (κ3) is 2.63. The van der Waals surface area contributed by atoms with Gasteiger partial charge in [0.25, 0.3) is 0 Å². The van der Waals surface area contributed by atoms with Crippen LogP contribution in [-0.2, 0) is 9.84 Å². The van der Waals surface area contributed by atoms with Gasteiger partial charge < -0.3 is 5.73 Å². The Morgan fingerprint density at radius 2 is 1.89 bits per heavy atom. The summed E-state index contributed by atoms with van der Waals surface area (Å²) in [4.78, 5) is 0. The first kappa shape index (κ1) is 14.4. The maximum absolute atomic E-state index is 11.6. The lowest BCUT2D eigenvalue weighted by atomic mass is 9.97. The number of sulfone groups is 1. The molecular weight excluding hydrogens is 262 g/mol. The van der Waals surface area contributed by atoms with Crippen LogP contribution in [0.2, 0.25) is 0 Å².